The summed E-state index contributed by atoms with van der Waals surface area (Å²) in [5.41, 5.74) is 13.9. The van der Waals surface area contributed by atoms with Crippen LogP contribution in [0.15, 0.2) is 126 Å². The number of phenols is 3. The highest BCUT2D eigenvalue weighted by Gasteiger charge is 2.55. The van der Waals surface area contributed by atoms with Crippen molar-refractivity contribution in [2.24, 2.45) is 34.4 Å². The number of anilines is 1. The number of oxime groups is 1. The molecule has 0 radical (unpaired) electrons. The molecule has 3 fully saturated rings. The molecule has 136 heavy (non-hydrogen) atoms. The van der Waals surface area contributed by atoms with Crippen molar-refractivity contribution >= 4 is 133 Å². The van der Waals surface area contributed by atoms with E-state index in [0.29, 0.717) is 5.57 Å². The summed E-state index contributed by atoms with van der Waals surface area (Å²) >= 11 is 23.0. The van der Waals surface area contributed by atoms with Gasteiger partial charge in [-0.05, 0) is 116 Å². The van der Waals surface area contributed by atoms with Crippen LogP contribution in [0.25, 0.3) is 11.1 Å². The highest BCUT2D eigenvalue weighted by Crippen LogP contribution is 2.52. The number of nitrogens with two attached hydrogens (primary N) is 3. The number of carboxylic acids is 1. The lowest BCUT2D eigenvalue weighted by Gasteiger charge is -2.50. The van der Waals surface area contributed by atoms with E-state index >= 15 is 28.8 Å². The Morgan fingerprint density at radius 1 is 0.794 bits per heavy atom. The molecule has 11 bridgehead atoms. The van der Waals surface area contributed by atoms with Crippen molar-refractivity contribution in [2.75, 3.05) is 38.3 Å². The van der Waals surface area contributed by atoms with Crippen molar-refractivity contribution in [3.63, 3.8) is 0 Å². The topological polar surface area (TPSA) is 640 Å². The number of benzene rings is 5. The molecule has 0 spiro atoms. The summed E-state index contributed by atoms with van der Waals surface area (Å²) in [6.45, 7) is 4.94. The molecule has 5 aromatic carbocycles. The third-order valence-electron chi connectivity index (χ3n) is 24.2. The fourth-order valence-electron chi connectivity index (χ4n) is 17.3. The lowest BCUT2D eigenvalue weighted by molar-refractivity contribution is -0.689. The van der Waals surface area contributed by atoms with E-state index < -0.39 is 304 Å². The van der Waals surface area contributed by atoms with Gasteiger partial charge in [-0.2, -0.15) is 0 Å². The Kier molecular flexibility index (Phi) is 31.0. The predicted molar refractivity (Wildman–Crippen MR) is 481 cm³/mol. The van der Waals surface area contributed by atoms with Crippen molar-refractivity contribution < 1.29 is 142 Å². The molecule has 7 amide bonds. The van der Waals surface area contributed by atoms with Gasteiger partial charge in [0, 0.05) is 91.3 Å². The van der Waals surface area contributed by atoms with Crippen LogP contribution < -0.4 is 73.0 Å². The summed E-state index contributed by atoms with van der Waals surface area (Å²) in [5, 5.41) is 137. The summed E-state index contributed by atoms with van der Waals surface area (Å²) in [6, 6.07) is 9.73. The van der Waals surface area contributed by atoms with Gasteiger partial charge in [-0.1, -0.05) is 89.4 Å². The number of ether oxygens (including phenoxy) is 6. The second-order valence-electron chi connectivity index (χ2n) is 34.5. The van der Waals surface area contributed by atoms with E-state index in [0.717, 1.165) is 83.0 Å². The number of nitrogens with zero attached hydrogens (tertiary/aromatic N) is 4. The molecule has 724 valence electrons. The Labute approximate surface area is 798 Å². The number of carboxylic acid groups (broad SMARTS) is 1. The van der Waals surface area contributed by atoms with Crippen molar-refractivity contribution in [3.8, 4) is 57.1 Å². The lowest BCUT2D eigenvalue weighted by Crippen LogP contribution is -2.64. The van der Waals surface area contributed by atoms with Crippen molar-refractivity contribution in [3.05, 3.63) is 169 Å². The Morgan fingerprint density at radius 3 is 2.10 bits per heavy atom. The number of halogens is 3. The van der Waals surface area contributed by atoms with E-state index in [1.807, 2.05) is 13.8 Å². The van der Waals surface area contributed by atoms with Crippen LogP contribution in [-0.2, 0) is 78.3 Å². The predicted octanol–water partition coefficient (Wildman–Crippen LogP) is 2.10. The molecule has 0 saturated carbocycles. The number of thiazole rings is 1. The maximum absolute atomic E-state index is 16.5. The van der Waals surface area contributed by atoms with E-state index in [1.54, 1.807) is 35.2 Å². The first kappa shape index (κ1) is 100. The second kappa shape index (κ2) is 42.1. The number of nitrogen functional groups attached to an aromatic ring is 1. The Hall–Kier alpha value is -11.8. The molecule has 46 heteroatoms. The molecule has 7 aromatic rings. The van der Waals surface area contributed by atoms with Gasteiger partial charge in [0.25, 0.3) is 0 Å². The van der Waals surface area contributed by atoms with Gasteiger partial charge in [-0.15, -0.1) is 11.8 Å². The monoisotopic (exact) mass is 1980 g/mol. The molecule has 0 aliphatic carbocycles. The number of Topliss-reactive ketones (excluding diaryl/α,β-unsaturated/α-hetero) is 3. The number of carbonyl (C=O) groups is 11. The number of aromatic hydroxyl groups is 3. The first-order valence-corrected chi connectivity index (χ1v) is 46.0. The van der Waals surface area contributed by atoms with E-state index in [2.05, 4.69) is 42.0 Å². The minimum atomic E-state index is -2.33. The van der Waals surface area contributed by atoms with Gasteiger partial charge in [-0.25, -0.2) is 9.55 Å². The van der Waals surface area contributed by atoms with E-state index in [1.165, 1.54) is 44.8 Å². The average molecular weight is 1980 g/mol. The quantitative estimate of drug-likeness (QED) is 0.0128. The number of primary amides is 1. The van der Waals surface area contributed by atoms with Gasteiger partial charge in [0.05, 0.1) is 69.7 Å². The van der Waals surface area contributed by atoms with Crippen LogP contribution in [0.2, 0.25) is 14.4 Å². The molecule has 20 atom stereocenters. The molecule has 16 rings (SSSR count). The largest absolute Gasteiger partial charge is 0.543 e. The minimum Gasteiger partial charge on any atom is -0.543 e. The number of likely N-dealkylation sites (N-methyl/N-ethyl adjacent to an activating group) is 1. The number of carbonyl (C=O) groups excluding carboxylic acids is 11. The number of phenolic OH excluding ortho intramolecular Hbond substituents is 3. The molecular formula is C90H98Cl3N13O28S2. The van der Waals surface area contributed by atoms with E-state index in [9.17, 15) is 75.0 Å². The number of amides is 7. The number of fused-ring (bicyclic) bond motifs is 16. The normalized spacial score (nSPS) is 27.2. The number of aliphatic hydroxyl groups excluding tert-OH is 6. The fraction of sp³-hybridized carbons (Fsp3) is 0.422. The van der Waals surface area contributed by atoms with Gasteiger partial charge >= 0.3 is 0 Å². The Bertz CT molecular complexity index is 5920. The molecule has 1 unspecified atom stereocenters. The number of pyridine rings is 1. The standard InChI is InChI=1S/C90H98Cl3N13O28S2/c1-36(2)20-51(97-5)82(122)101-68-54(111)24-42(27-62(94)114)80(120)99-65-41-25-59(130-57-14-11-39(72(68)115)22-49(57)91)76(134-88-77(75(118)74(117)61(34-107)132-88)133-63-32-90(4,96)78(119)37(3)129-63)60(26-41)131-58-15-12-40(23-50(58)92)73(116)70-84(124)100-66(47-28-44(108)29-53(110)64(47)46-21-38(10-13-52(46)109)45(30-55(65)112)81(121)102-70)83(123)98-16-9-19-128-104-67(69-79(93)136-89(95)103-69)56(113)31-48-85(125)106-71(87(126)127)43(35-135-86(48)106)33-105-17-7-6-8-18-105/h6-8,10-15,17-18,21-23,25-26,28-29,36-37,42,45,48,51,61,63,65-66,68,70,72-75,77-78,86,88,97,107,115-119H,9,16,19-20,24,27,30-35,96H2,1-5H3,(H12-,94,95,98,99,100,101,102,103,104,108,109,110,113,114,120,121,122,123,124,126,127)/t37-,42-,45+,48+,51+,61+,63-,65+,66-,68?,70-,72+,73+,74+,75-,77+,78+,86+,88-,90-/m0/s1. The number of aromatic nitrogens is 2. The number of aliphatic carboxylic acids is 1. The Balaban J connectivity index is 0.849. The van der Waals surface area contributed by atoms with Crippen LogP contribution in [0.1, 0.15) is 136 Å². The molecule has 9 aliphatic rings. The van der Waals surface area contributed by atoms with Crippen molar-refractivity contribution in [1.82, 2.24) is 41.8 Å². The summed E-state index contributed by atoms with van der Waals surface area (Å²) in [4.78, 5) is 174. The van der Waals surface area contributed by atoms with Gasteiger partial charge in [-0.3, -0.25) is 52.8 Å². The van der Waals surface area contributed by atoms with Crippen LogP contribution >= 0.6 is 57.9 Å². The SMILES string of the molecule is CN[C@H](CC(C)C)C(=O)NC1C(=O)C[C@@H](CC(N)=O)C(=O)N[C@H]2C(=O)C[C@H]3C(=O)N[C@H](C(=O)N[C@H](C(=O)NCCCO/N=C(\C(=O)C[C@@H]4C(=O)N5C(C(=O)[O-])=C(C[n+]6ccccc6)CS[C@H]45)c4nc(N)sc4Cl)c4cc(O)cc(O)c4-c4cc3ccc4O)[C@H](O)c3ccc(c(Cl)c3)Oc3cc2cc(c3O[C@@H]2O[C@H](CO)[C@@H](O)[C@H](O)[C@H]2O[C@H]2C[C@](C)(N)[C@H](O)[C@H](C)O2)Oc2ccc(cc2Cl)[C@H]1O. The highest BCUT2D eigenvalue weighted by atomic mass is 35.5. The third kappa shape index (κ3) is 21.6. The third-order valence-corrected chi connectivity index (χ3v) is 27.3. The molecule has 3 saturated heterocycles. The number of hydrogen-bond acceptors (Lipinski definition) is 35. The molecule has 9 aliphatic heterocycles. The summed E-state index contributed by atoms with van der Waals surface area (Å²) in [5.74, 6) is -22.5. The first-order valence-electron chi connectivity index (χ1n) is 43.0. The number of hydrogen-bond donors (Lipinski definition) is 18. The van der Waals surface area contributed by atoms with Crippen molar-refractivity contribution in [2.45, 2.75) is 188 Å². The zero-order chi connectivity index (χ0) is 98.1. The van der Waals surface area contributed by atoms with Crippen LogP contribution in [0.3, 0.4) is 0 Å². The zero-order valence-corrected chi connectivity index (χ0v) is 77.1. The maximum Gasteiger partial charge on any atom is 0.247 e. The van der Waals surface area contributed by atoms with Gasteiger partial charge in [0.2, 0.25) is 53.4 Å². The first-order chi connectivity index (χ1) is 64.6. The zero-order valence-electron chi connectivity index (χ0n) is 73.2. The smallest absolute Gasteiger partial charge is 0.247 e. The van der Waals surface area contributed by atoms with Gasteiger partial charge in [0.15, 0.2) is 71.0 Å². The number of thioether (sulfide) groups is 1. The summed E-state index contributed by atoms with van der Waals surface area (Å²) in [6.07, 6.45) is -18.2. The van der Waals surface area contributed by atoms with Crippen LogP contribution in [0, 0.1) is 17.8 Å². The maximum atomic E-state index is 16.5. The second-order valence-corrected chi connectivity index (χ2v) is 38.0. The number of aliphatic hydroxyl groups is 6. The number of β-lactam (4-membered cyclic amide) rings is 1. The molecule has 41 nitrogen and oxygen atoms in total. The Morgan fingerprint density at radius 2 is 1.47 bits per heavy atom. The number of ketones is 3. The number of nitrogens with one attached hydrogen (secondary N) is 6. The fourth-order valence-corrected chi connectivity index (χ4v) is 20.0. The minimum absolute atomic E-state index is 0.0850. The van der Waals surface area contributed by atoms with E-state index in [-0.39, 0.29) is 85.8 Å². The average Bonchev–Trinajstić information content (AvgIpc) is 0.767. The summed E-state index contributed by atoms with van der Waals surface area (Å²) < 4.78 is 40.5. The van der Waals surface area contributed by atoms with E-state index in [4.69, 9.17) is 85.3 Å². The molecule has 2 aromatic heterocycles. The van der Waals surface area contributed by atoms with Crippen LogP contribution in [-0.4, -0.2) is 237 Å². The van der Waals surface area contributed by atoms with Gasteiger partial charge in [0.1, 0.15) is 100 Å². The van der Waals surface area contributed by atoms with Crippen LogP contribution in [0.5, 0.6) is 46.0 Å². The van der Waals surface area contributed by atoms with Gasteiger partial charge < -0.3 is 138 Å². The molecule has 21 N–H and O–H groups in total. The molecule has 11 heterocycles. The lowest BCUT2D eigenvalue weighted by atomic mass is 9.84. The van der Waals surface area contributed by atoms with Crippen molar-refractivity contribution in [1.29, 1.82) is 0 Å². The van der Waals surface area contributed by atoms with Crippen LogP contribution in [0.4, 0.5) is 5.13 Å². The molecular weight excluding hydrogens is 1880 g/mol. The number of rotatable bonds is 25. The summed E-state index contributed by atoms with van der Waals surface area (Å²) in [7, 11) is 1.48. The highest BCUT2D eigenvalue weighted by molar-refractivity contribution is 8.00.